The van der Waals surface area contributed by atoms with Gasteiger partial charge in [-0.1, -0.05) is 13.3 Å². The molecule has 2 rings (SSSR count). The lowest BCUT2D eigenvalue weighted by atomic mass is 9.79. The summed E-state index contributed by atoms with van der Waals surface area (Å²) < 4.78 is 0. The van der Waals surface area contributed by atoms with Crippen molar-refractivity contribution in [2.45, 2.75) is 38.6 Å². The van der Waals surface area contributed by atoms with Crippen molar-refractivity contribution in [1.82, 2.24) is 9.97 Å². The second-order valence-electron chi connectivity index (χ2n) is 3.92. The fraction of sp³-hybridized carbons (Fsp3) is 0.636. The van der Waals surface area contributed by atoms with Gasteiger partial charge in [0.15, 0.2) is 0 Å². The van der Waals surface area contributed by atoms with Gasteiger partial charge < -0.3 is 5.32 Å². The fourth-order valence-corrected chi connectivity index (χ4v) is 1.93. The van der Waals surface area contributed by atoms with Crippen LogP contribution in [0.5, 0.6) is 0 Å². The summed E-state index contributed by atoms with van der Waals surface area (Å²) in [6.07, 6.45) is 8.82. The van der Waals surface area contributed by atoms with Crippen molar-refractivity contribution in [2.75, 3.05) is 5.32 Å². The normalized spacial score (nSPS) is 18.6. The lowest BCUT2D eigenvalue weighted by Crippen LogP contribution is -2.33. The van der Waals surface area contributed by atoms with Crippen LogP contribution in [0.4, 0.5) is 5.95 Å². The highest BCUT2D eigenvalue weighted by Gasteiger charge is 2.26. The summed E-state index contributed by atoms with van der Waals surface area (Å²) >= 11 is 0. The van der Waals surface area contributed by atoms with E-state index in [1.54, 1.807) is 12.4 Å². The molecule has 0 aromatic carbocycles. The molecule has 3 heteroatoms. The van der Waals surface area contributed by atoms with Crippen LogP contribution in [0.3, 0.4) is 0 Å². The largest absolute Gasteiger partial charge is 0.351 e. The molecule has 1 fully saturated rings. The van der Waals surface area contributed by atoms with Crippen LogP contribution in [0.15, 0.2) is 18.5 Å². The molecule has 0 bridgehead atoms. The van der Waals surface area contributed by atoms with E-state index in [0.717, 1.165) is 18.3 Å². The van der Waals surface area contributed by atoms with Crippen LogP contribution >= 0.6 is 0 Å². The zero-order valence-electron chi connectivity index (χ0n) is 8.61. The van der Waals surface area contributed by atoms with Gasteiger partial charge >= 0.3 is 0 Å². The van der Waals surface area contributed by atoms with Crippen molar-refractivity contribution in [1.29, 1.82) is 0 Å². The average molecular weight is 191 g/mol. The lowest BCUT2D eigenvalue weighted by molar-refractivity contribution is 0.269. The number of hydrogen-bond acceptors (Lipinski definition) is 3. The maximum Gasteiger partial charge on any atom is 0.222 e. The third kappa shape index (κ3) is 2.03. The molecule has 1 unspecified atom stereocenters. The molecule has 1 aliphatic carbocycles. The quantitative estimate of drug-likeness (QED) is 0.794. The van der Waals surface area contributed by atoms with Crippen molar-refractivity contribution in [3.05, 3.63) is 18.5 Å². The molecule has 1 heterocycles. The molecule has 1 atom stereocenters. The van der Waals surface area contributed by atoms with Crippen LogP contribution in [0.25, 0.3) is 0 Å². The first-order chi connectivity index (χ1) is 6.90. The van der Waals surface area contributed by atoms with Crippen molar-refractivity contribution >= 4 is 5.95 Å². The van der Waals surface area contributed by atoms with Crippen LogP contribution in [-0.4, -0.2) is 16.0 Å². The van der Waals surface area contributed by atoms with Crippen molar-refractivity contribution in [2.24, 2.45) is 5.92 Å². The first kappa shape index (κ1) is 9.44. The zero-order valence-corrected chi connectivity index (χ0v) is 8.61. The maximum absolute atomic E-state index is 4.19. The molecule has 76 valence electrons. The molecule has 0 saturated heterocycles. The molecule has 0 amide bonds. The Hall–Kier alpha value is -1.12. The summed E-state index contributed by atoms with van der Waals surface area (Å²) in [6.45, 7) is 2.22. The first-order valence-electron chi connectivity index (χ1n) is 5.43. The predicted molar refractivity (Wildman–Crippen MR) is 57.1 cm³/mol. The van der Waals surface area contributed by atoms with Gasteiger partial charge in [0.25, 0.3) is 0 Å². The molecule has 1 aromatic rings. The number of aromatic nitrogens is 2. The Morgan fingerprint density at radius 3 is 2.64 bits per heavy atom. The van der Waals surface area contributed by atoms with E-state index in [9.17, 15) is 0 Å². The molecular weight excluding hydrogens is 174 g/mol. The molecule has 1 saturated carbocycles. The summed E-state index contributed by atoms with van der Waals surface area (Å²) in [5, 5.41) is 3.41. The second kappa shape index (κ2) is 4.40. The Morgan fingerprint density at radius 2 is 2.14 bits per heavy atom. The van der Waals surface area contributed by atoms with E-state index in [2.05, 4.69) is 22.2 Å². The highest BCUT2D eigenvalue weighted by molar-refractivity contribution is 5.24. The Labute approximate surface area is 85.0 Å². The van der Waals surface area contributed by atoms with Gasteiger partial charge in [-0.3, -0.25) is 0 Å². The van der Waals surface area contributed by atoms with Crippen LogP contribution in [0.1, 0.15) is 32.6 Å². The summed E-state index contributed by atoms with van der Waals surface area (Å²) in [4.78, 5) is 8.37. The van der Waals surface area contributed by atoms with Crippen LogP contribution in [0, 0.1) is 5.92 Å². The van der Waals surface area contributed by atoms with Gasteiger partial charge in [-0.2, -0.15) is 0 Å². The van der Waals surface area contributed by atoms with Crippen molar-refractivity contribution < 1.29 is 0 Å². The van der Waals surface area contributed by atoms with Crippen LogP contribution in [-0.2, 0) is 0 Å². The Kier molecular flexibility index (Phi) is 2.96. The molecule has 1 N–H and O–H groups in total. The zero-order chi connectivity index (χ0) is 9.80. The average Bonchev–Trinajstić information content (AvgIpc) is 2.15. The highest BCUT2D eigenvalue weighted by atomic mass is 15.1. The van der Waals surface area contributed by atoms with E-state index in [1.165, 1.54) is 19.3 Å². The first-order valence-corrected chi connectivity index (χ1v) is 5.43. The number of hydrogen-bond donors (Lipinski definition) is 1. The molecule has 1 aromatic heterocycles. The molecule has 0 spiro atoms. The Bertz CT molecular complexity index is 269. The van der Waals surface area contributed by atoms with Crippen molar-refractivity contribution in [3.63, 3.8) is 0 Å². The van der Waals surface area contributed by atoms with Crippen LogP contribution < -0.4 is 5.32 Å². The summed E-state index contributed by atoms with van der Waals surface area (Å²) in [6, 6.07) is 2.40. The molecular formula is C11H17N3. The van der Waals surface area contributed by atoms with E-state index >= 15 is 0 Å². The fourth-order valence-electron chi connectivity index (χ4n) is 1.93. The predicted octanol–water partition coefficient (Wildman–Crippen LogP) is 2.47. The van der Waals surface area contributed by atoms with E-state index in [1.807, 2.05) is 6.07 Å². The van der Waals surface area contributed by atoms with E-state index in [0.29, 0.717) is 6.04 Å². The van der Waals surface area contributed by atoms with Gasteiger partial charge in [-0.25, -0.2) is 9.97 Å². The van der Waals surface area contributed by atoms with Gasteiger partial charge in [-0.15, -0.1) is 0 Å². The second-order valence-corrected chi connectivity index (χ2v) is 3.92. The minimum absolute atomic E-state index is 0.561. The van der Waals surface area contributed by atoms with E-state index < -0.39 is 0 Å². The summed E-state index contributed by atoms with van der Waals surface area (Å²) in [5.74, 6) is 1.61. The van der Waals surface area contributed by atoms with E-state index in [4.69, 9.17) is 0 Å². The SMILES string of the molecule is CCC(Nc1ncccn1)C1CCC1. The summed E-state index contributed by atoms with van der Waals surface area (Å²) in [7, 11) is 0. The van der Waals surface area contributed by atoms with Gasteiger partial charge in [0.05, 0.1) is 0 Å². The number of anilines is 1. The third-order valence-corrected chi connectivity index (χ3v) is 3.04. The maximum atomic E-state index is 4.19. The minimum atomic E-state index is 0.561. The van der Waals surface area contributed by atoms with Gasteiger partial charge in [0.2, 0.25) is 5.95 Å². The van der Waals surface area contributed by atoms with E-state index in [-0.39, 0.29) is 0 Å². The number of nitrogens with one attached hydrogen (secondary N) is 1. The van der Waals surface area contributed by atoms with Gasteiger partial charge in [0.1, 0.15) is 0 Å². The summed E-state index contributed by atoms with van der Waals surface area (Å²) in [5.41, 5.74) is 0. The molecule has 0 radical (unpaired) electrons. The molecule has 0 aliphatic heterocycles. The third-order valence-electron chi connectivity index (χ3n) is 3.04. The molecule has 1 aliphatic rings. The number of rotatable bonds is 4. The highest BCUT2D eigenvalue weighted by Crippen LogP contribution is 2.31. The minimum Gasteiger partial charge on any atom is -0.351 e. The Morgan fingerprint density at radius 1 is 1.43 bits per heavy atom. The van der Waals surface area contributed by atoms with Gasteiger partial charge in [0, 0.05) is 18.4 Å². The monoisotopic (exact) mass is 191 g/mol. The smallest absolute Gasteiger partial charge is 0.222 e. The van der Waals surface area contributed by atoms with Gasteiger partial charge in [-0.05, 0) is 31.2 Å². The Balaban J connectivity index is 1.94. The number of nitrogens with zero attached hydrogens (tertiary/aromatic N) is 2. The van der Waals surface area contributed by atoms with Crippen molar-refractivity contribution in [3.8, 4) is 0 Å². The lowest BCUT2D eigenvalue weighted by Gasteiger charge is -2.33. The molecule has 3 nitrogen and oxygen atoms in total. The standard InChI is InChI=1S/C11H17N3/c1-2-10(9-5-3-6-9)14-11-12-7-4-8-13-11/h4,7-10H,2-3,5-6H2,1H3,(H,12,13,14). The molecule has 14 heavy (non-hydrogen) atoms. The van der Waals surface area contributed by atoms with Crippen LogP contribution in [0.2, 0.25) is 0 Å². The topological polar surface area (TPSA) is 37.8 Å².